The van der Waals surface area contributed by atoms with Crippen molar-refractivity contribution in [3.8, 4) is 22.5 Å². The van der Waals surface area contributed by atoms with Crippen LogP contribution in [0.15, 0.2) is 60.9 Å². The Hall–Kier alpha value is -3.81. The van der Waals surface area contributed by atoms with Crippen LogP contribution in [-0.2, 0) is 0 Å². The summed E-state index contributed by atoms with van der Waals surface area (Å²) >= 11 is 0. The fourth-order valence-electron chi connectivity index (χ4n) is 2.96. The molecule has 0 atom stereocenters. The molecule has 0 spiro atoms. The monoisotopic (exact) mass is 450 g/mol. The van der Waals surface area contributed by atoms with Crippen molar-refractivity contribution in [1.82, 2.24) is 19.6 Å². The van der Waals surface area contributed by atoms with Crippen molar-refractivity contribution in [1.29, 1.82) is 0 Å². The summed E-state index contributed by atoms with van der Waals surface area (Å²) in [5.41, 5.74) is 3.67. The van der Waals surface area contributed by atoms with E-state index in [1.165, 1.54) is 12.1 Å². The Kier molecular flexibility index (Phi) is 11.8. The third-order valence-electron chi connectivity index (χ3n) is 4.12. The summed E-state index contributed by atoms with van der Waals surface area (Å²) in [4.78, 5) is 19.6. The SMILES string of the molecule is CC.CC.CC.CCNc1nccc(-c2c(-c3cccc([N+](=O)[O-])c3)nn3ccccc23)n1. The number of nitro groups is 1. The van der Waals surface area contributed by atoms with Crippen molar-refractivity contribution in [2.45, 2.75) is 48.5 Å². The quantitative estimate of drug-likeness (QED) is 0.263. The van der Waals surface area contributed by atoms with Gasteiger partial charge in [-0.15, -0.1) is 0 Å². The Bertz CT molecular complexity index is 1140. The molecule has 8 heteroatoms. The number of aromatic nitrogens is 4. The van der Waals surface area contributed by atoms with E-state index in [9.17, 15) is 10.1 Å². The summed E-state index contributed by atoms with van der Waals surface area (Å²) in [7, 11) is 0. The minimum atomic E-state index is -0.410. The molecular weight excluding hydrogens is 416 g/mol. The number of fused-ring (bicyclic) bond motifs is 1. The fourth-order valence-corrected chi connectivity index (χ4v) is 2.96. The van der Waals surface area contributed by atoms with Crippen LogP contribution < -0.4 is 5.32 Å². The second-order valence-electron chi connectivity index (χ2n) is 5.86. The lowest BCUT2D eigenvalue weighted by Crippen LogP contribution is -2.02. The number of anilines is 1. The fraction of sp³-hybridized carbons (Fsp3) is 0.320. The van der Waals surface area contributed by atoms with E-state index in [0.717, 1.165) is 11.1 Å². The number of rotatable bonds is 5. The predicted molar refractivity (Wildman–Crippen MR) is 137 cm³/mol. The molecule has 4 aromatic rings. The van der Waals surface area contributed by atoms with Crippen molar-refractivity contribution in [3.05, 3.63) is 71.0 Å². The van der Waals surface area contributed by atoms with E-state index in [0.29, 0.717) is 29.4 Å². The molecule has 0 radical (unpaired) electrons. The lowest BCUT2D eigenvalue weighted by molar-refractivity contribution is -0.384. The molecule has 0 aliphatic heterocycles. The average molecular weight is 451 g/mol. The van der Waals surface area contributed by atoms with Gasteiger partial charge in [-0.2, -0.15) is 5.10 Å². The van der Waals surface area contributed by atoms with E-state index in [2.05, 4.69) is 20.4 Å². The van der Waals surface area contributed by atoms with Crippen molar-refractivity contribution in [2.75, 3.05) is 11.9 Å². The Morgan fingerprint density at radius 2 is 1.73 bits per heavy atom. The zero-order valence-corrected chi connectivity index (χ0v) is 20.5. The highest BCUT2D eigenvalue weighted by Crippen LogP contribution is 2.35. The lowest BCUT2D eigenvalue weighted by atomic mass is 10.0. The van der Waals surface area contributed by atoms with E-state index in [-0.39, 0.29) is 5.69 Å². The molecule has 33 heavy (non-hydrogen) atoms. The number of nitrogens with zero attached hydrogens (tertiary/aromatic N) is 5. The normalized spacial score (nSPS) is 9.42. The molecule has 0 unspecified atom stereocenters. The van der Waals surface area contributed by atoms with Crippen molar-refractivity contribution < 1.29 is 4.92 Å². The molecule has 0 amide bonds. The van der Waals surface area contributed by atoms with Crippen LogP contribution in [0.2, 0.25) is 0 Å². The predicted octanol–water partition coefficient (Wildman–Crippen LogP) is 6.88. The molecule has 0 fully saturated rings. The van der Waals surface area contributed by atoms with Crippen molar-refractivity contribution in [2.24, 2.45) is 0 Å². The van der Waals surface area contributed by atoms with Crippen LogP contribution in [0.25, 0.3) is 28.0 Å². The summed E-state index contributed by atoms with van der Waals surface area (Å²) in [5.74, 6) is 0.523. The Morgan fingerprint density at radius 1 is 1.00 bits per heavy atom. The minimum Gasteiger partial charge on any atom is -0.354 e. The van der Waals surface area contributed by atoms with Crippen LogP contribution in [0.5, 0.6) is 0 Å². The number of nitro benzene ring substituents is 1. The first kappa shape index (κ1) is 27.2. The highest BCUT2D eigenvalue weighted by Gasteiger charge is 2.19. The second kappa shape index (κ2) is 14.3. The van der Waals surface area contributed by atoms with Crippen LogP contribution in [0, 0.1) is 10.1 Å². The van der Waals surface area contributed by atoms with E-state index < -0.39 is 4.92 Å². The minimum absolute atomic E-state index is 0.0199. The van der Waals surface area contributed by atoms with Gasteiger partial charge in [0, 0.05) is 36.6 Å². The van der Waals surface area contributed by atoms with Crippen LogP contribution >= 0.6 is 0 Å². The van der Waals surface area contributed by atoms with Crippen LogP contribution in [0.4, 0.5) is 11.6 Å². The summed E-state index contributed by atoms with van der Waals surface area (Å²) in [6.07, 6.45) is 3.52. The third-order valence-corrected chi connectivity index (χ3v) is 4.12. The largest absolute Gasteiger partial charge is 0.354 e. The van der Waals surface area contributed by atoms with Gasteiger partial charge in [-0.3, -0.25) is 10.1 Å². The molecule has 8 nitrogen and oxygen atoms in total. The molecule has 3 aromatic heterocycles. The van der Waals surface area contributed by atoms with Gasteiger partial charge in [-0.25, -0.2) is 14.5 Å². The average Bonchev–Trinajstić information content (AvgIpc) is 3.28. The van der Waals surface area contributed by atoms with Crippen molar-refractivity contribution in [3.63, 3.8) is 0 Å². The third kappa shape index (κ3) is 6.58. The van der Waals surface area contributed by atoms with Crippen molar-refractivity contribution >= 4 is 17.2 Å². The number of non-ortho nitro benzene ring substituents is 1. The van der Waals surface area contributed by atoms with Gasteiger partial charge in [0.15, 0.2) is 0 Å². The van der Waals surface area contributed by atoms with E-state index in [1.807, 2.05) is 85.0 Å². The van der Waals surface area contributed by atoms with Crippen LogP contribution in [0.3, 0.4) is 0 Å². The van der Waals surface area contributed by atoms with E-state index in [1.54, 1.807) is 16.8 Å². The van der Waals surface area contributed by atoms with Gasteiger partial charge >= 0.3 is 0 Å². The molecule has 1 aromatic carbocycles. The maximum Gasteiger partial charge on any atom is 0.270 e. The Morgan fingerprint density at radius 3 is 2.39 bits per heavy atom. The second-order valence-corrected chi connectivity index (χ2v) is 5.86. The smallest absolute Gasteiger partial charge is 0.270 e. The van der Waals surface area contributed by atoms with Crippen LogP contribution in [-0.4, -0.2) is 31.1 Å². The topological polar surface area (TPSA) is 98.2 Å². The number of hydrogen-bond acceptors (Lipinski definition) is 6. The van der Waals surface area contributed by atoms with Gasteiger partial charge < -0.3 is 5.32 Å². The molecule has 4 rings (SSSR count). The van der Waals surface area contributed by atoms with Gasteiger partial charge in [-0.05, 0) is 25.1 Å². The maximum atomic E-state index is 11.2. The van der Waals surface area contributed by atoms with Gasteiger partial charge in [0.2, 0.25) is 5.95 Å². The molecule has 3 heterocycles. The molecule has 0 saturated heterocycles. The molecule has 1 N–H and O–H groups in total. The highest BCUT2D eigenvalue weighted by atomic mass is 16.6. The molecule has 0 bridgehead atoms. The Balaban J connectivity index is 0.000000841. The number of nitrogens with one attached hydrogen (secondary N) is 1. The molecule has 0 aliphatic rings. The molecular formula is C25H34N6O2. The first-order valence-corrected chi connectivity index (χ1v) is 11.5. The highest BCUT2D eigenvalue weighted by molar-refractivity contribution is 5.91. The van der Waals surface area contributed by atoms with E-state index >= 15 is 0 Å². The summed E-state index contributed by atoms with van der Waals surface area (Å²) in [5, 5.41) is 18.9. The lowest BCUT2D eigenvalue weighted by Gasteiger charge is -2.06. The molecule has 0 aliphatic carbocycles. The number of pyridine rings is 1. The Labute approximate surface area is 195 Å². The molecule has 0 saturated carbocycles. The summed E-state index contributed by atoms with van der Waals surface area (Å²) < 4.78 is 1.75. The summed E-state index contributed by atoms with van der Waals surface area (Å²) in [6, 6.07) is 14.0. The number of hydrogen-bond donors (Lipinski definition) is 1. The van der Waals surface area contributed by atoms with Gasteiger partial charge in [0.05, 0.1) is 21.7 Å². The van der Waals surface area contributed by atoms with Gasteiger partial charge in [-0.1, -0.05) is 59.7 Å². The first-order valence-electron chi connectivity index (χ1n) is 11.5. The summed E-state index contributed by atoms with van der Waals surface area (Å²) in [6.45, 7) is 14.7. The maximum absolute atomic E-state index is 11.2. The van der Waals surface area contributed by atoms with Gasteiger partial charge in [0.25, 0.3) is 5.69 Å². The zero-order chi connectivity index (χ0) is 24.8. The standard InChI is InChI=1S/C19H16N6O2.3C2H6/c1-2-20-19-21-10-9-15(22-19)17-16-8-3-4-11-24(16)23-18(17)13-6-5-7-14(12-13)25(26)27;3*1-2/h3-12H,2H2,1H3,(H,20,21,22);3*1-2H3. The molecule has 176 valence electrons. The van der Waals surface area contributed by atoms with Gasteiger partial charge in [0.1, 0.15) is 5.69 Å². The first-order chi connectivity index (χ1) is 16.2. The van der Waals surface area contributed by atoms with Crippen LogP contribution in [0.1, 0.15) is 48.5 Å². The number of benzene rings is 1. The van der Waals surface area contributed by atoms with E-state index in [4.69, 9.17) is 0 Å². The zero-order valence-electron chi connectivity index (χ0n) is 20.5.